The minimum absolute atomic E-state index is 0.0820. The van der Waals surface area contributed by atoms with Crippen molar-refractivity contribution in [2.75, 3.05) is 30.4 Å². The minimum Gasteiger partial charge on any atom is -0.493 e. The lowest BCUT2D eigenvalue weighted by Gasteiger charge is -2.24. The Morgan fingerprint density at radius 1 is 0.970 bits per heavy atom. The Morgan fingerprint density at radius 2 is 1.64 bits per heavy atom. The highest BCUT2D eigenvalue weighted by molar-refractivity contribution is 7.92. The van der Waals surface area contributed by atoms with Gasteiger partial charge in [0.05, 0.1) is 35.5 Å². The summed E-state index contributed by atoms with van der Waals surface area (Å²) in [5.74, 6) is -0.726. The summed E-state index contributed by atoms with van der Waals surface area (Å²) in [5.41, 5.74) is 0.301. The zero-order valence-electron chi connectivity index (χ0n) is 17.5. The molecule has 3 aromatic rings. The van der Waals surface area contributed by atoms with E-state index in [1.807, 2.05) is 0 Å². The molecule has 1 N–H and O–H groups in total. The van der Waals surface area contributed by atoms with Crippen LogP contribution in [0.15, 0.2) is 65.6 Å². The van der Waals surface area contributed by atoms with Crippen molar-refractivity contribution < 1.29 is 27.1 Å². The first kappa shape index (κ1) is 24.6. The number of halogens is 3. The molecule has 0 aromatic heterocycles. The van der Waals surface area contributed by atoms with Gasteiger partial charge in [0.2, 0.25) is 5.91 Å². The maximum absolute atomic E-state index is 13.5. The summed E-state index contributed by atoms with van der Waals surface area (Å²) in [6.45, 7) is -0.620. The minimum atomic E-state index is -4.27. The summed E-state index contributed by atoms with van der Waals surface area (Å²) < 4.78 is 51.7. The first-order valence-corrected chi connectivity index (χ1v) is 11.6. The zero-order chi connectivity index (χ0) is 24.2. The fraction of sp³-hybridized carbons (Fsp3) is 0.136. The molecule has 0 atom stereocenters. The highest BCUT2D eigenvalue weighted by atomic mass is 35.5. The van der Waals surface area contributed by atoms with E-state index in [0.717, 1.165) is 16.4 Å². The van der Waals surface area contributed by atoms with Gasteiger partial charge in [-0.2, -0.15) is 0 Å². The molecule has 0 saturated carbocycles. The fourth-order valence-corrected chi connectivity index (χ4v) is 4.71. The third-order valence-electron chi connectivity index (χ3n) is 4.55. The molecule has 0 aliphatic heterocycles. The molecule has 174 valence electrons. The lowest BCUT2D eigenvalue weighted by molar-refractivity contribution is -0.114. The van der Waals surface area contributed by atoms with Crippen LogP contribution in [0.25, 0.3) is 0 Å². The number of benzene rings is 3. The van der Waals surface area contributed by atoms with Crippen molar-refractivity contribution in [3.8, 4) is 11.5 Å². The maximum Gasteiger partial charge on any atom is 0.264 e. The first-order chi connectivity index (χ1) is 15.6. The SMILES string of the molecule is COc1ccc(S(=O)(=O)N(CC(=O)Nc2cc(Cl)ccc2Cl)c2ccc(F)cc2)cc1OC. The molecule has 0 spiro atoms. The number of ether oxygens (including phenoxy) is 2. The van der Waals surface area contributed by atoms with Gasteiger partial charge in [-0.15, -0.1) is 0 Å². The molecule has 3 aromatic carbocycles. The number of sulfonamides is 1. The summed E-state index contributed by atoms with van der Waals surface area (Å²) in [4.78, 5) is 12.6. The molecule has 0 aliphatic carbocycles. The van der Waals surface area contributed by atoms with Gasteiger partial charge in [-0.1, -0.05) is 23.2 Å². The van der Waals surface area contributed by atoms with Crippen LogP contribution in [0.4, 0.5) is 15.8 Å². The van der Waals surface area contributed by atoms with Gasteiger partial charge in [0, 0.05) is 11.1 Å². The summed E-state index contributed by atoms with van der Waals surface area (Å²) in [7, 11) is -1.49. The average molecular weight is 513 g/mol. The number of rotatable bonds is 8. The smallest absolute Gasteiger partial charge is 0.264 e. The van der Waals surface area contributed by atoms with E-state index < -0.39 is 28.3 Å². The molecule has 0 unspecified atom stereocenters. The Labute approximate surface area is 200 Å². The second-order valence-electron chi connectivity index (χ2n) is 6.68. The molecule has 3 rings (SSSR count). The van der Waals surface area contributed by atoms with E-state index in [1.54, 1.807) is 6.07 Å². The summed E-state index contributed by atoms with van der Waals surface area (Å²) in [5, 5.41) is 3.11. The Kier molecular flexibility index (Phi) is 7.68. The Bertz CT molecular complexity index is 1270. The molecular weight excluding hydrogens is 494 g/mol. The van der Waals surface area contributed by atoms with Gasteiger partial charge in [0.25, 0.3) is 10.0 Å². The Hall–Kier alpha value is -3.01. The van der Waals surface area contributed by atoms with Crippen LogP contribution in [0.2, 0.25) is 10.0 Å². The highest BCUT2D eigenvalue weighted by Gasteiger charge is 2.28. The van der Waals surface area contributed by atoms with Crippen molar-refractivity contribution in [2.24, 2.45) is 0 Å². The molecule has 0 aliphatic rings. The fourth-order valence-electron chi connectivity index (χ4n) is 2.94. The average Bonchev–Trinajstić information content (AvgIpc) is 2.80. The Morgan fingerprint density at radius 3 is 2.27 bits per heavy atom. The summed E-state index contributed by atoms with van der Waals surface area (Å²) in [6, 6.07) is 13.2. The highest BCUT2D eigenvalue weighted by Crippen LogP contribution is 2.32. The van der Waals surface area contributed by atoms with Gasteiger partial charge in [-0.25, -0.2) is 12.8 Å². The van der Waals surface area contributed by atoms with Crippen molar-refractivity contribution in [2.45, 2.75) is 4.90 Å². The summed E-state index contributed by atoms with van der Waals surface area (Å²) >= 11 is 12.0. The molecule has 1 amide bonds. The number of nitrogens with one attached hydrogen (secondary N) is 1. The van der Waals surface area contributed by atoms with Gasteiger partial charge < -0.3 is 14.8 Å². The van der Waals surface area contributed by atoms with E-state index in [1.165, 1.54) is 56.7 Å². The normalized spacial score (nSPS) is 11.1. The van der Waals surface area contributed by atoms with E-state index in [9.17, 15) is 17.6 Å². The van der Waals surface area contributed by atoms with Crippen LogP contribution in [0.5, 0.6) is 11.5 Å². The van der Waals surface area contributed by atoms with Crippen LogP contribution in [0, 0.1) is 5.82 Å². The number of methoxy groups -OCH3 is 2. The third kappa shape index (κ3) is 5.68. The third-order valence-corrected chi connectivity index (χ3v) is 6.88. The predicted octanol–water partition coefficient (Wildman–Crippen LogP) is 4.98. The molecule has 11 heteroatoms. The van der Waals surface area contributed by atoms with Crippen molar-refractivity contribution in [3.63, 3.8) is 0 Å². The number of amides is 1. The van der Waals surface area contributed by atoms with E-state index in [0.29, 0.717) is 10.8 Å². The zero-order valence-corrected chi connectivity index (χ0v) is 19.8. The number of anilines is 2. The van der Waals surface area contributed by atoms with Gasteiger partial charge in [0.15, 0.2) is 11.5 Å². The van der Waals surface area contributed by atoms with E-state index in [2.05, 4.69) is 5.32 Å². The lowest BCUT2D eigenvalue weighted by atomic mass is 10.3. The molecule has 7 nitrogen and oxygen atoms in total. The van der Waals surface area contributed by atoms with Crippen molar-refractivity contribution in [3.05, 3.63) is 76.5 Å². The number of carbonyl (C=O) groups excluding carboxylic acids is 1. The quantitative estimate of drug-likeness (QED) is 0.459. The number of nitrogens with zero attached hydrogens (tertiary/aromatic N) is 1. The molecule has 0 bridgehead atoms. The van der Waals surface area contributed by atoms with Crippen LogP contribution in [0.3, 0.4) is 0 Å². The van der Waals surface area contributed by atoms with Gasteiger partial charge in [0.1, 0.15) is 12.4 Å². The first-order valence-electron chi connectivity index (χ1n) is 9.41. The number of hydrogen-bond donors (Lipinski definition) is 1. The van der Waals surface area contributed by atoms with E-state index >= 15 is 0 Å². The van der Waals surface area contributed by atoms with E-state index in [4.69, 9.17) is 32.7 Å². The molecular formula is C22H19Cl2FN2O5S. The topological polar surface area (TPSA) is 84.9 Å². The van der Waals surface area contributed by atoms with Crippen molar-refractivity contribution in [1.82, 2.24) is 0 Å². The molecule has 0 radical (unpaired) electrons. The second kappa shape index (κ2) is 10.3. The monoisotopic (exact) mass is 512 g/mol. The van der Waals surface area contributed by atoms with Gasteiger partial charge in [-0.3, -0.25) is 9.10 Å². The van der Waals surface area contributed by atoms with Crippen LogP contribution >= 0.6 is 23.2 Å². The largest absolute Gasteiger partial charge is 0.493 e. The maximum atomic E-state index is 13.5. The molecule has 0 fully saturated rings. The predicted molar refractivity (Wildman–Crippen MR) is 126 cm³/mol. The van der Waals surface area contributed by atoms with Crippen molar-refractivity contribution >= 4 is 50.5 Å². The van der Waals surface area contributed by atoms with E-state index in [-0.39, 0.29) is 27.0 Å². The van der Waals surface area contributed by atoms with Crippen LogP contribution in [-0.4, -0.2) is 35.1 Å². The molecule has 0 saturated heterocycles. The van der Waals surface area contributed by atoms with Crippen LogP contribution in [0.1, 0.15) is 0 Å². The second-order valence-corrected chi connectivity index (χ2v) is 9.38. The van der Waals surface area contributed by atoms with Gasteiger partial charge in [-0.05, 0) is 54.6 Å². The van der Waals surface area contributed by atoms with Crippen molar-refractivity contribution in [1.29, 1.82) is 0 Å². The van der Waals surface area contributed by atoms with Gasteiger partial charge >= 0.3 is 0 Å². The molecule has 0 heterocycles. The van der Waals surface area contributed by atoms with Crippen LogP contribution < -0.4 is 19.1 Å². The molecule has 33 heavy (non-hydrogen) atoms. The van der Waals surface area contributed by atoms with Crippen LogP contribution in [-0.2, 0) is 14.8 Å². The Balaban J connectivity index is 2.00. The standard InChI is InChI=1S/C22H19Cl2FN2O5S/c1-31-20-10-8-17(12-21(20)32-2)33(29,30)27(16-6-4-15(25)5-7-16)13-22(28)26-19-11-14(23)3-9-18(19)24/h3-12H,13H2,1-2H3,(H,26,28). The number of carbonyl (C=O) groups is 1. The number of hydrogen-bond acceptors (Lipinski definition) is 5. The summed E-state index contributed by atoms with van der Waals surface area (Å²) in [6.07, 6.45) is 0. The lowest BCUT2D eigenvalue weighted by Crippen LogP contribution is -2.38.